The van der Waals surface area contributed by atoms with Crippen molar-refractivity contribution in [2.75, 3.05) is 6.61 Å². The molecule has 0 fully saturated rings. The predicted molar refractivity (Wildman–Crippen MR) is 100 cm³/mol. The fourth-order valence-electron chi connectivity index (χ4n) is 2.48. The van der Waals surface area contributed by atoms with E-state index in [0.29, 0.717) is 6.61 Å². The molecule has 0 aromatic heterocycles. The van der Waals surface area contributed by atoms with Crippen LogP contribution in [0.25, 0.3) is 0 Å². The van der Waals surface area contributed by atoms with Gasteiger partial charge in [-0.05, 0) is 6.42 Å². The number of ether oxygens (including phenoxy) is 1. The largest absolute Gasteiger partial charge is 0.463 e. The molecule has 4 heteroatoms. The summed E-state index contributed by atoms with van der Waals surface area (Å²) in [5, 5.41) is 3.07. The van der Waals surface area contributed by atoms with Crippen LogP contribution in [0.4, 0.5) is 0 Å². The predicted octanol–water partition coefficient (Wildman–Crippen LogP) is 3.46. The molecule has 0 aliphatic carbocycles. The molecule has 2 nitrogen and oxygen atoms in total. The number of carbonyl (C=O) groups excluding carboxylic acids is 1. The highest BCUT2D eigenvalue weighted by molar-refractivity contribution is 6.89. The fourth-order valence-corrected chi connectivity index (χ4v) is 5.80. The van der Waals surface area contributed by atoms with E-state index in [9.17, 15) is 4.79 Å². The molecule has 1 rings (SSSR count). The lowest BCUT2D eigenvalue weighted by Crippen LogP contribution is -2.42. The summed E-state index contributed by atoms with van der Waals surface area (Å²) in [4.78, 5) is 10.9. The van der Waals surface area contributed by atoms with Gasteiger partial charge < -0.3 is 4.74 Å². The molecule has 0 aliphatic heterocycles. The molecule has 121 valence electrons. The molecule has 0 amide bonds. The topological polar surface area (TPSA) is 26.3 Å². The molecule has 0 aliphatic rings. The van der Waals surface area contributed by atoms with Gasteiger partial charge in [0.05, 0.1) is 23.5 Å². The van der Waals surface area contributed by atoms with Gasteiger partial charge in [-0.3, -0.25) is 0 Å². The van der Waals surface area contributed by atoms with Gasteiger partial charge in [-0.15, -0.1) is 0 Å². The number of unbranched alkanes of at least 4 members (excludes halogenated alkanes) is 2. The van der Waals surface area contributed by atoms with Crippen molar-refractivity contribution in [3.05, 3.63) is 36.9 Å². The minimum Gasteiger partial charge on any atom is -0.463 e. The Bertz CT molecular complexity index is 478. The smallest absolute Gasteiger partial charge is 0.330 e. The Hall–Kier alpha value is -1.14. The summed E-state index contributed by atoms with van der Waals surface area (Å²) in [6.45, 7) is 13.5. The highest BCUT2D eigenvalue weighted by Gasteiger charge is 2.22. The Labute approximate surface area is 138 Å². The maximum absolute atomic E-state index is 10.9. The molecular weight excluding hydrogens is 304 g/mol. The number of benzene rings is 1. The zero-order chi connectivity index (χ0) is 16.6. The van der Waals surface area contributed by atoms with Crippen LogP contribution in [0.2, 0.25) is 32.2 Å². The molecule has 22 heavy (non-hydrogen) atoms. The molecule has 1 radical (unpaired) electrons. The van der Waals surface area contributed by atoms with Crippen LogP contribution in [0.1, 0.15) is 19.3 Å². The number of hydrogen-bond donors (Lipinski definition) is 0. The van der Waals surface area contributed by atoms with Gasteiger partial charge in [0.1, 0.15) is 0 Å². The summed E-state index contributed by atoms with van der Waals surface area (Å²) in [7, 11) is -1.68. The summed E-state index contributed by atoms with van der Waals surface area (Å²) in [6, 6.07) is 10.6. The molecular formula is C18H29O2Si2. The Balaban J connectivity index is 2.37. The van der Waals surface area contributed by atoms with Crippen molar-refractivity contribution in [3.63, 3.8) is 0 Å². The van der Waals surface area contributed by atoms with Crippen molar-refractivity contribution in [1.29, 1.82) is 0 Å². The van der Waals surface area contributed by atoms with E-state index in [0.717, 1.165) is 12.8 Å². The molecule has 0 heterocycles. The van der Waals surface area contributed by atoms with Crippen LogP contribution < -0.4 is 10.4 Å². The van der Waals surface area contributed by atoms with Gasteiger partial charge in [0.25, 0.3) is 0 Å². The zero-order valence-electron chi connectivity index (χ0n) is 14.4. The van der Waals surface area contributed by atoms with Crippen molar-refractivity contribution in [3.8, 4) is 0 Å². The minimum atomic E-state index is -1.34. The van der Waals surface area contributed by atoms with Gasteiger partial charge in [-0.25, -0.2) is 4.79 Å². The average Bonchev–Trinajstić information content (AvgIpc) is 2.50. The molecule has 0 spiro atoms. The van der Waals surface area contributed by atoms with Gasteiger partial charge >= 0.3 is 5.97 Å². The molecule has 0 bridgehead atoms. The first-order chi connectivity index (χ1) is 10.4. The Morgan fingerprint density at radius 1 is 1.18 bits per heavy atom. The summed E-state index contributed by atoms with van der Waals surface area (Å²) < 4.78 is 5.00. The van der Waals surface area contributed by atoms with E-state index < -0.39 is 8.07 Å². The summed E-state index contributed by atoms with van der Waals surface area (Å²) >= 11 is 0. The molecule has 0 saturated heterocycles. The first-order valence-electron chi connectivity index (χ1n) is 8.07. The van der Waals surface area contributed by atoms with Crippen molar-refractivity contribution in [1.82, 2.24) is 0 Å². The van der Waals surface area contributed by atoms with E-state index in [1.807, 2.05) is 0 Å². The van der Waals surface area contributed by atoms with Gasteiger partial charge in [0.15, 0.2) is 0 Å². The third kappa shape index (κ3) is 6.32. The first kappa shape index (κ1) is 18.9. The second-order valence-corrected chi connectivity index (χ2v) is 14.1. The van der Waals surface area contributed by atoms with Crippen molar-refractivity contribution < 1.29 is 9.53 Å². The summed E-state index contributed by atoms with van der Waals surface area (Å²) in [5.74, 6) is -0.317. The quantitative estimate of drug-likeness (QED) is 0.299. The Morgan fingerprint density at radius 3 is 2.36 bits per heavy atom. The van der Waals surface area contributed by atoms with E-state index in [2.05, 4.69) is 57.0 Å². The second kappa shape index (κ2) is 9.10. The van der Waals surface area contributed by atoms with Crippen molar-refractivity contribution in [2.24, 2.45) is 0 Å². The van der Waals surface area contributed by atoms with Gasteiger partial charge in [0.2, 0.25) is 0 Å². The number of rotatable bonds is 9. The third-order valence-electron chi connectivity index (χ3n) is 4.10. The maximum Gasteiger partial charge on any atom is 0.330 e. The lowest BCUT2D eigenvalue weighted by Gasteiger charge is -2.23. The van der Waals surface area contributed by atoms with Crippen LogP contribution in [0.5, 0.6) is 0 Å². The summed E-state index contributed by atoms with van der Waals surface area (Å²) in [6.07, 6.45) is 4.50. The van der Waals surface area contributed by atoms with Crippen LogP contribution in [0, 0.1) is 0 Å². The van der Waals surface area contributed by atoms with Gasteiger partial charge in [-0.1, -0.05) is 86.3 Å². The van der Waals surface area contributed by atoms with Crippen LogP contribution in [-0.4, -0.2) is 29.4 Å². The molecule has 1 aromatic rings. The maximum atomic E-state index is 10.9. The standard InChI is InChI=1S/C18H29O2Si2/c1-6-18(19)20-14-8-7-9-15-22(4,5)17-12-10-16(11-13-17)21(2)3/h6,10-13H,1,7-9,14-15H2,2-5H3. The lowest BCUT2D eigenvalue weighted by molar-refractivity contribution is -0.137. The normalized spacial score (nSPS) is 11.5. The van der Waals surface area contributed by atoms with E-state index in [1.165, 1.54) is 23.7 Å². The summed E-state index contributed by atoms with van der Waals surface area (Å²) in [5.41, 5.74) is 0. The number of hydrogen-bond acceptors (Lipinski definition) is 2. The minimum absolute atomic E-state index is 0.317. The average molecular weight is 334 g/mol. The Kier molecular flexibility index (Phi) is 7.83. The number of carbonyl (C=O) groups is 1. The van der Waals surface area contributed by atoms with E-state index in [4.69, 9.17) is 4.74 Å². The van der Waals surface area contributed by atoms with Crippen molar-refractivity contribution in [2.45, 2.75) is 51.5 Å². The van der Waals surface area contributed by atoms with Crippen LogP contribution in [0.3, 0.4) is 0 Å². The monoisotopic (exact) mass is 333 g/mol. The molecule has 0 N–H and O–H groups in total. The molecule has 0 atom stereocenters. The van der Waals surface area contributed by atoms with E-state index in [-0.39, 0.29) is 14.8 Å². The van der Waals surface area contributed by atoms with Gasteiger partial charge in [0, 0.05) is 6.08 Å². The highest BCUT2D eigenvalue weighted by Crippen LogP contribution is 2.15. The lowest BCUT2D eigenvalue weighted by atomic mass is 10.3. The fraction of sp³-hybridized carbons (Fsp3) is 0.500. The van der Waals surface area contributed by atoms with Crippen LogP contribution in [-0.2, 0) is 9.53 Å². The van der Waals surface area contributed by atoms with E-state index >= 15 is 0 Å². The van der Waals surface area contributed by atoms with Crippen LogP contribution >= 0.6 is 0 Å². The van der Waals surface area contributed by atoms with E-state index in [1.54, 1.807) is 5.19 Å². The second-order valence-electron chi connectivity index (χ2n) is 6.64. The SMILES string of the molecule is C=CC(=O)OCCCCC[Si](C)(C)c1ccc([Si](C)C)cc1. The molecule has 0 saturated carbocycles. The number of esters is 1. The van der Waals surface area contributed by atoms with Gasteiger partial charge in [-0.2, -0.15) is 0 Å². The Morgan fingerprint density at radius 2 is 1.82 bits per heavy atom. The third-order valence-corrected chi connectivity index (χ3v) is 9.09. The van der Waals surface area contributed by atoms with Crippen LogP contribution in [0.15, 0.2) is 36.9 Å². The van der Waals surface area contributed by atoms with Crippen molar-refractivity contribution >= 4 is 33.2 Å². The highest BCUT2D eigenvalue weighted by atomic mass is 28.3. The first-order valence-corrected chi connectivity index (χ1v) is 13.8. The molecule has 0 unspecified atom stereocenters. The molecule has 1 aromatic carbocycles. The zero-order valence-corrected chi connectivity index (χ0v) is 16.4.